The van der Waals surface area contributed by atoms with Gasteiger partial charge in [0.05, 0.1) is 34.4 Å². The lowest BCUT2D eigenvalue weighted by molar-refractivity contribution is -0.137. The summed E-state index contributed by atoms with van der Waals surface area (Å²) >= 11 is 0. The molecule has 0 aliphatic heterocycles. The molecule has 0 saturated carbocycles. The molecule has 2 aromatic carbocycles. The van der Waals surface area contributed by atoms with Crippen LogP contribution in [-0.2, 0) is 9.59 Å². The predicted octanol–water partition coefficient (Wildman–Crippen LogP) is 7.81. The fourth-order valence-corrected chi connectivity index (χ4v) is 6.72. The first-order valence-electron chi connectivity index (χ1n) is 17.4. The Hall–Kier alpha value is -3.42. The molecule has 3 rings (SSSR count). The number of benzene rings is 2. The van der Waals surface area contributed by atoms with Crippen molar-refractivity contribution in [3.63, 3.8) is 0 Å². The number of hydrogen-bond acceptors (Lipinski definition) is 6. The van der Waals surface area contributed by atoms with E-state index in [-0.39, 0.29) is 30.1 Å². The summed E-state index contributed by atoms with van der Waals surface area (Å²) in [4.78, 5) is 33.3. The molecule has 0 saturated heterocycles. The summed E-state index contributed by atoms with van der Waals surface area (Å²) in [6, 6.07) is 9.91. The summed E-state index contributed by atoms with van der Waals surface area (Å²) in [5, 5.41) is 0. The van der Waals surface area contributed by atoms with Crippen LogP contribution in [0.3, 0.4) is 0 Å². The second-order valence-corrected chi connectivity index (χ2v) is 12.4. The zero-order valence-corrected chi connectivity index (χ0v) is 29.7. The second kappa shape index (κ2) is 18.7. The molecule has 0 N–H and O–H groups in total. The average Bonchev–Trinajstić information content (AvgIpc) is 3.39. The van der Waals surface area contributed by atoms with Gasteiger partial charge >= 0.3 is 0 Å². The molecule has 0 aromatic heterocycles. The van der Waals surface area contributed by atoms with Crippen molar-refractivity contribution in [2.75, 3.05) is 54.6 Å². The molecule has 2 aromatic rings. The van der Waals surface area contributed by atoms with Gasteiger partial charge in [0.15, 0.2) is 23.0 Å². The number of fused-ring (bicyclic) bond motifs is 1. The van der Waals surface area contributed by atoms with Crippen LogP contribution in [0.5, 0.6) is 23.0 Å². The predicted molar refractivity (Wildman–Crippen MR) is 185 cm³/mol. The first-order chi connectivity index (χ1) is 22.3. The first kappa shape index (κ1) is 37.0. The third-order valence-electron chi connectivity index (χ3n) is 9.35. The Balaban J connectivity index is 2.26. The molecule has 0 radical (unpaired) electrons. The maximum atomic E-state index is 15.0. The summed E-state index contributed by atoms with van der Waals surface area (Å²) in [6.07, 6.45) is 8.08. The average molecular weight is 639 g/mol. The smallest absolute Gasteiger partial charge is 0.227 e. The van der Waals surface area contributed by atoms with Crippen molar-refractivity contribution in [1.82, 2.24) is 9.80 Å². The fraction of sp³-hybridized carbons (Fsp3) is 0.632. The van der Waals surface area contributed by atoms with Crippen molar-refractivity contribution in [2.24, 2.45) is 5.92 Å². The highest BCUT2D eigenvalue weighted by atomic mass is 16.5. The second-order valence-electron chi connectivity index (χ2n) is 12.4. The van der Waals surface area contributed by atoms with E-state index >= 15 is 0 Å². The number of methoxy groups -OCH3 is 4. The van der Waals surface area contributed by atoms with Crippen LogP contribution >= 0.6 is 0 Å². The van der Waals surface area contributed by atoms with Gasteiger partial charge < -0.3 is 28.7 Å². The van der Waals surface area contributed by atoms with Gasteiger partial charge in [-0.1, -0.05) is 59.4 Å². The van der Waals surface area contributed by atoms with Crippen LogP contribution in [-0.4, -0.2) is 76.2 Å². The number of carbonyl (C=O) groups excluding carboxylic acids is 2. The van der Waals surface area contributed by atoms with Crippen LogP contribution in [0.2, 0.25) is 0 Å². The third kappa shape index (κ3) is 8.68. The molecule has 256 valence electrons. The van der Waals surface area contributed by atoms with E-state index in [4.69, 9.17) is 18.9 Å². The van der Waals surface area contributed by atoms with E-state index in [1.165, 1.54) is 0 Å². The van der Waals surface area contributed by atoms with Crippen LogP contribution in [0.4, 0.5) is 0 Å². The van der Waals surface area contributed by atoms with E-state index in [2.05, 4.69) is 32.6 Å². The van der Waals surface area contributed by atoms with Crippen LogP contribution in [0.1, 0.15) is 114 Å². The van der Waals surface area contributed by atoms with E-state index in [1.54, 1.807) is 28.4 Å². The normalized spacial score (nSPS) is 16.9. The van der Waals surface area contributed by atoms with Crippen LogP contribution in [0, 0.1) is 5.92 Å². The maximum Gasteiger partial charge on any atom is 0.227 e. The SMILES string of the molecule is CCCCN(CCCC)C(=O)CC1c2cc(OC)c(OC)cc2C(c2ccc(OC)c(OC)c2)C1C(=O)N(CCCC)CCCC. The van der Waals surface area contributed by atoms with Gasteiger partial charge in [0.2, 0.25) is 11.8 Å². The Morgan fingerprint density at radius 1 is 0.609 bits per heavy atom. The van der Waals surface area contributed by atoms with E-state index < -0.39 is 5.92 Å². The number of hydrogen-bond donors (Lipinski definition) is 0. The highest BCUT2D eigenvalue weighted by Crippen LogP contribution is 2.55. The minimum atomic E-state index is -0.484. The monoisotopic (exact) mass is 638 g/mol. The van der Waals surface area contributed by atoms with Crippen molar-refractivity contribution >= 4 is 11.8 Å². The Kier molecular flexibility index (Phi) is 15.0. The Bertz CT molecular complexity index is 1250. The topological polar surface area (TPSA) is 77.5 Å². The maximum absolute atomic E-state index is 15.0. The van der Waals surface area contributed by atoms with Crippen molar-refractivity contribution < 1.29 is 28.5 Å². The van der Waals surface area contributed by atoms with Crippen molar-refractivity contribution in [1.29, 1.82) is 0 Å². The Labute approximate surface area is 277 Å². The molecule has 2 amide bonds. The van der Waals surface area contributed by atoms with Crippen LogP contribution < -0.4 is 18.9 Å². The quantitative estimate of drug-likeness (QED) is 0.147. The number of rotatable bonds is 20. The summed E-state index contributed by atoms with van der Waals surface area (Å²) < 4.78 is 22.8. The standard InChI is InChI=1S/C38H58N2O6/c1-9-13-19-39(20-14-10-2)35(41)26-30-28-24-33(45-7)34(46-8)25-29(28)36(27-17-18-31(43-5)32(23-27)44-6)37(30)38(42)40(21-15-11-3)22-16-12-4/h17-18,23-25,30,36-37H,9-16,19-22,26H2,1-8H3. The van der Waals surface area contributed by atoms with Crippen molar-refractivity contribution in [3.05, 3.63) is 47.0 Å². The summed E-state index contributed by atoms with van der Waals surface area (Å²) in [5.41, 5.74) is 2.90. The third-order valence-corrected chi connectivity index (χ3v) is 9.35. The molecule has 0 fully saturated rings. The molecular formula is C38H58N2O6. The minimum absolute atomic E-state index is 0.0993. The Morgan fingerprint density at radius 2 is 1.07 bits per heavy atom. The molecule has 3 unspecified atom stereocenters. The number of carbonyl (C=O) groups is 2. The van der Waals surface area contributed by atoms with Gasteiger partial charge in [-0.15, -0.1) is 0 Å². The molecule has 0 heterocycles. The van der Waals surface area contributed by atoms with Gasteiger partial charge in [0.25, 0.3) is 0 Å². The lowest BCUT2D eigenvalue weighted by Gasteiger charge is -2.33. The largest absolute Gasteiger partial charge is 0.493 e. The number of ether oxygens (including phenoxy) is 4. The van der Waals surface area contributed by atoms with E-state index in [0.717, 1.165) is 81.1 Å². The molecule has 8 heteroatoms. The molecule has 0 spiro atoms. The highest BCUT2D eigenvalue weighted by Gasteiger charge is 2.48. The molecule has 3 atom stereocenters. The summed E-state index contributed by atoms with van der Waals surface area (Å²) in [7, 11) is 6.50. The zero-order chi connectivity index (χ0) is 33.6. The molecule has 46 heavy (non-hydrogen) atoms. The zero-order valence-electron chi connectivity index (χ0n) is 29.7. The molecule has 0 bridgehead atoms. The van der Waals surface area contributed by atoms with Gasteiger partial charge in [0.1, 0.15) is 0 Å². The number of unbranched alkanes of at least 4 members (excludes halogenated alkanes) is 4. The number of amides is 2. The van der Waals surface area contributed by atoms with Crippen LogP contribution in [0.25, 0.3) is 0 Å². The van der Waals surface area contributed by atoms with Crippen LogP contribution in [0.15, 0.2) is 30.3 Å². The fourth-order valence-electron chi connectivity index (χ4n) is 6.72. The van der Waals surface area contributed by atoms with Gasteiger partial charge in [-0.05, 0) is 66.6 Å². The van der Waals surface area contributed by atoms with Gasteiger partial charge in [-0.25, -0.2) is 0 Å². The first-order valence-corrected chi connectivity index (χ1v) is 17.4. The summed E-state index contributed by atoms with van der Waals surface area (Å²) in [6.45, 7) is 11.5. The van der Waals surface area contributed by atoms with E-state index in [0.29, 0.717) is 36.1 Å². The van der Waals surface area contributed by atoms with Gasteiger partial charge in [-0.2, -0.15) is 0 Å². The minimum Gasteiger partial charge on any atom is -0.493 e. The molecule has 1 aliphatic carbocycles. The molecule has 1 aliphatic rings. The lowest BCUT2D eigenvalue weighted by atomic mass is 9.79. The van der Waals surface area contributed by atoms with Gasteiger partial charge in [-0.3, -0.25) is 9.59 Å². The lowest BCUT2D eigenvalue weighted by Crippen LogP contribution is -2.42. The number of nitrogens with zero attached hydrogens (tertiary/aromatic N) is 2. The van der Waals surface area contributed by atoms with E-state index in [1.807, 2.05) is 35.2 Å². The van der Waals surface area contributed by atoms with E-state index in [9.17, 15) is 9.59 Å². The van der Waals surface area contributed by atoms with Crippen molar-refractivity contribution in [2.45, 2.75) is 97.3 Å². The molecule has 8 nitrogen and oxygen atoms in total. The molecular weight excluding hydrogens is 580 g/mol. The van der Waals surface area contributed by atoms with Gasteiger partial charge in [0, 0.05) is 44.4 Å². The Morgan fingerprint density at radius 3 is 1.54 bits per heavy atom. The highest BCUT2D eigenvalue weighted by molar-refractivity contribution is 5.86. The van der Waals surface area contributed by atoms with Crippen molar-refractivity contribution in [3.8, 4) is 23.0 Å². The summed E-state index contributed by atoms with van der Waals surface area (Å²) in [5.74, 6) is 1.51.